The van der Waals surface area contributed by atoms with Crippen LogP contribution in [0.1, 0.15) is 72.9 Å². The van der Waals surface area contributed by atoms with Crippen LogP contribution in [-0.4, -0.2) is 89.4 Å². The molecule has 4 aliphatic rings. The average Bonchev–Trinajstić information content (AvgIpc) is 3.00. The number of hydrogen-bond acceptors (Lipinski definition) is 11. The van der Waals surface area contributed by atoms with Gasteiger partial charge in [-0.15, -0.1) is 0 Å². The summed E-state index contributed by atoms with van der Waals surface area (Å²) in [5, 5.41) is 38.6. The van der Waals surface area contributed by atoms with Gasteiger partial charge in [-0.1, -0.05) is 58.0 Å². The highest BCUT2D eigenvalue weighted by Gasteiger charge is 2.73. The number of carbonyl (C=O) groups excluding carboxylic acids is 4. The predicted molar refractivity (Wildman–Crippen MR) is 168 cm³/mol. The number of aliphatic hydroxyl groups excluding tert-OH is 2. The molecule has 2 bridgehead atoms. The third kappa shape index (κ3) is 4.99. The second-order valence-corrected chi connectivity index (χ2v) is 14.6. The van der Waals surface area contributed by atoms with E-state index in [2.05, 4.69) is 5.23 Å². The van der Waals surface area contributed by atoms with E-state index < -0.39 is 81.9 Å². The summed E-state index contributed by atoms with van der Waals surface area (Å²) in [5.41, 5.74) is -3.45. The molecule has 1 saturated heterocycles. The van der Waals surface area contributed by atoms with Crippen LogP contribution in [0.3, 0.4) is 0 Å². The molecule has 12 heteroatoms. The number of fused-ring (bicyclic) bond motifs is 5. The Kier molecular flexibility index (Phi) is 8.96. The Bertz CT molecular complexity index is 1430. The Morgan fingerprint density at radius 2 is 1.80 bits per heavy atom. The van der Waals surface area contributed by atoms with Gasteiger partial charge < -0.3 is 39.6 Å². The standard InChI is InChI=1S/C34H46BNO10/c1-17-21(46-30(42)26(40)25(36-35-16-37)20-11-9-8-10-12-20)14-34(43)18(2)28-32(6)15-44-23(32)13-22(39)33(28,7)29(41)27(45-19(3)38)24(17)31(34,4)5/h8-12,16,18,21-23,25-28,35-36,39-40,43H,13-15H2,1-7H3/t18-,21-,22-,23+,25-,26+,27+,28+,32+,33+,34+/m0/s1. The minimum Gasteiger partial charge on any atom is -0.456 e. The van der Waals surface area contributed by atoms with Crippen LogP contribution < -0.4 is 5.23 Å². The molecule has 3 aliphatic carbocycles. The first-order chi connectivity index (χ1) is 21.5. The molecule has 1 heterocycles. The van der Waals surface area contributed by atoms with E-state index in [0.29, 0.717) is 29.5 Å². The summed E-state index contributed by atoms with van der Waals surface area (Å²) < 4.78 is 17.6. The van der Waals surface area contributed by atoms with E-state index in [9.17, 15) is 34.5 Å². The van der Waals surface area contributed by atoms with Crippen LogP contribution in [0, 0.1) is 28.1 Å². The topological polar surface area (TPSA) is 169 Å². The van der Waals surface area contributed by atoms with Crippen LogP contribution in [0.2, 0.25) is 0 Å². The van der Waals surface area contributed by atoms with Gasteiger partial charge in [0.2, 0.25) is 0 Å². The van der Waals surface area contributed by atoms with Crippen molar-refractivity contribution in [3.05, 3.63) is 47.0 Å². The van der Waals surface area contributed by atoms with Crippen LogP contribution in [0.25, 0.3) is 0 Å². The van der Waals surface area contributed by atoms with Crippen LogP contribution in [0.15, 0.2) is 41.5 Å². The van der Waals surface area contributed by atoms with E-state index in [1.807, 2.05) is 13.8 Å². The second-order valence-electron chi connectivity index (χ2n) is 14.6. The van der Waals surface area contributed by atoms with E-state index >= 15 is 0 Å². The van der Waals surface area contributed by atoms with E-state index in [1.165, 1.54) is 6.92 Å². The maximum atomic E-state index is 14.8. The van der Waals surface area contributed by atoms with Crippen molar-refractivity contribution in [1.29, 1.82) is 0 Å². The Labute approximate surface area is 270 Å². The maximum absolute atomic E-state index is 14.8. The zero-order chi connectivity index (χ0) is 34.0. The maximum Gasteiger partial charge on any atom is 0.337 e. The highest BCUT2D eigenvalue weighted by atomic mass is 16.6. The van der Waals surface area contributed by atoms with Gasteiger partial charge in [0.25, 0.3) is 7.41 Å². The summed E-state index contributed by atoms with van der Waals surface area (Å²) in [7, 11) is -0.122. The largest absolute Gasteiger partial charge is 0.456 e. The molecule has 5 rings (SSSR count). The van der Waals surface area contributed by atoms with E-state index in [-0.39, 0.29) is 26.4 Å². The van der Waals surface area contributed by atoms with Crippen LogP contribution in [0.5, 0.6) is 0 Å². The van der Waals surface area contributed by atoms with Crippen molar-refractivity contribution >= 4 is 31.3 Å². The summed E-state index contributed by atoms with van der Waals surface area (Å²) in [6, 6.07) is 7.72. The van der Waals surface area contributed by atoms with Crippen molar-refractivity contribution in [2.24, 2.45) is 28.1 Å². The lowest BCUT2D eigenvalue weighted by atomic mass is 9.40. The number of nitrogens with one attached hydrogen (secondary N) is 1. The normalized spacial score (nSPS) is 39.3. The number of esters is 2. The first-order valence-electron chi connectivity index (χ1n) is 16.0. The SMILES string of the molecule is CC(=O)O[C@H]1C(=O)[C@@]2(C)[C@H]([C@H](C)[C@]3(O)C[C@H](OC(=O)[C@H](O)[C@@H](NBC=O)c4ccccc4)C(C)=C1C3(C)C)[C@]1(C)CO[C@@H]1C[C@@H]2O. The summed E-state index contributed by atoms with van der Waals surface area (Å²) in [5.74, 6) is -3.39. The molecular formula is C34H46BNO10. The van der Waals surface area contributed by atoms with Gasteiger partial charge in [-0.2, -0.15) is 0 Å². The zero-order valence-electron chi connectivity index (χ0n) is 27.6. The smallest absolute Gasteiger partial charge is 0.337 e. The molecule has 0 aromatic heterocycles. The predicted octanol–water partition coefficient (Wildman–Crippen LogP) is 1.55. The number of aliphatic hydroxyl groups is 3. The third-order valence-electron chi connectivity index (χ3n) is 11.9. The van der Waals surface area contributed by atoms with Gasteiger partial charge in [-0.3, -0.25) is 9.59 Å². The molecule has 46 heavy (non-hydrogen) atoms. The van der Waals surface area contributed by atoms with E-state index in [4.69, 9.17) is 14.2 Å². The molecule has 1 aliphatic heterocycles. The fourth-order valence-corrected chi connectivity index (χ4v) is 9.41. The van der Waals surface area contributed by atoms with Gasteiger partial charge in [-0.05, 0) is 42.4 Å². The molecule has 0 amide bonds. The van der Waals surface area contributed by atoms with Crippen molar-refractivity contribution in [2.75, 3.05) is 6.61 Å². The number of ether oxygens (including phenoxy) is 3. The van der Waals surface area contributed by atoms with Crippen LogP contribution in [0.4, 0.5) is 0 Å². The molecule has 1 aromatic rings. The number of benzene rings is 1. The van der Waals surface area contributed by atoms with E-state index in [0.717, 1.165) is 0 Å². The average molecular weight is 640 g/mol. The quantitative estimate of drug-likeness (QED) is 0.141. The highest BCUT2D eigenvalue weighted by molar-refractivity contribution is 6.64. The van der Waals surface area contributed by atoms with Gasteiger partial charge in [-0.25, -0.2) is 4.79 Å². The van der Waals surface area contributed by atoms with Gasteiger partial charge in [0.15, 0.2) is 18.0 Å². The monoisotopic (exact) mass is 639 g/mol. The number of ketones is 1. The first kappa shape index (κ1) is 34.4. The van der Waals surface area contributed by atoms with Gasteiger partial charge in [0.05, 0.1) is 42.1 Å². The molecule has 4 N–H and O–H groups in total. The molecule has 3 fully saturated rings. The second kappa shape index (κ2) is 12.0. The van der Waals surface area contributed by atoms with Gasteiger partial charge in [0.1, 0.15) is 6.10 Å². The number of hydrogen-bond donors (Lipinski definition) is 4. The molecule has 2 saturated carbocycles. The Morgan fingerprint density at radius 3 is 2.37 bits per heavy atom. The number of Topliss-reactive ketones (excluding diaryl/α,β-unsaturated/α-hetero) is 1. The van der Waals surface area contributed by atoms with Gasteiger partial charge >= 0.3 is 11.9 Å². The molecule has 0 unspecified atom stereocenters. The first-order valence-corrected chi connectivity index (χ1v) is 16.0. The lowest BCUT2D eigenvalue weighted by molar-refractivity contribution is -0.302. The molecule has 1 aromatic carbocycles. The molecule has 250 valence electrons. The van der Waals surface area contributed by atoms with Crippen LogP contribution >= 0.6 is 0 Å². The summed E-state index contributed by atoms with van der Waals surface area (Å²) in [6.07, 6.45) is -4.94. The lowest BCUT2D eigenvalue weighted by Gasteiger charge is -2.68. The number of rotatable bonds is 8. The minimum atomic E-state index is -1.72. The molecule has 0 radical (unpaired) electrons. The summed E-state index contributed by atoms with van der Waals surface area (Å²) >= 11 is 0. The van der Waals surface area contributed by atoms with Gasteiger partial charge in [0, 0.05) is 30.6 Å². The van der Waals surface area contributed by atoms with Crippen molar-refractivity contribution < 1.29 is 48.7 Å². The highest BCUT2D eigenvalue weighted by Crippen LogP contribution is 2.67. The van der Waals surface area contributed by atoms with E-state index in [1.54, 1.807) is 58.0 Å². The van der Waals surface area contributed by atoms with Crippen LogP contribution in [-0.2, 0) is 33.4 Å². The van der Waals surface area contributed by atoms with Crippen molar-refractivity contribution in [2.45, 2.75) is 103 Å². The van der Waals surface area contributed by atoms with Crippen molar-refractivity contribution in [3.63, 3.8) is 0 Å². The Morgan fingerprint density at radius 1 is 1.15 bits per heavy atom. The fourth-order valence-electron chi connectivity index (χ4n) is 9.41. The summed E-state index contributed by atoms with van der Waals surface area (Å²) in [4.78, 5) is 52.2. The summed E-state index contributed by atoms with van der Waals surface area (Å²) in [6.45, 7) is 12.4. The third-order valence-corrected chi connectivity index (χ3v) is 11.9. The molecule has 11 atom stereocenters. The lowest BCUT2D eigenvalue weighted by Crippen LogP contribution is -2.75. The molecule has 0 spiro atoms. The van der Waals surface area contributed by atoms with Crippen molar-refractivity contribution in [3.8, 4) is 0 Å². The zero-order valence-corrected chi connectivity index (χ0v) is 27.6. The van der Waals surface area contributed by atoms with Crippen molar-refractivity contribution in [1.82, 2.24) is 5.23 Å². The fraction of sp³-hybridized carbons (Fsp3) is 0.647. The Hall–Kier alpha value is -2.90. The molecule has 11 nitrogen and oxygen atoms in total. The Balaban J connectivity index is 1.62. The number of carbonyl (C=O) groups is 4. The molecular weight excluding hydrogens is 593 g/mol. The minimum absolute atomic E-state index is 0.0714.